The number of hydrogen-bond acceptors (Lipinski definition) is 2. The van der Waals surface area contributed by atoms with Crippen LogP contribution in [0.2, 0.25) is 0 Å². The molecule has 0 unspecified atom stereocenters. The first-order chi connectivity index (χ1) is 11.2. The van der Waals surface area contributed by atoms with E-state index in [1.165, 1.54) is 32.1 Å². The molecule has 0 radical (unpaired) electrons. The molecule has 0 saturated carbocycles. The first kappa shape index (κ1) is 20.1. The van der Waals surface area contributed by atoms with Crippen LogP contribution in [-0.2, 0) is 4.79 Å². The molecule has 1 aliphatic rings. The zero-order valence-corrected chi connectivity index (χ0v) is 15.3. The number of hydrogen-bond donors (Lipinski definition) is 1. The molecule has 1 rings (SSSR count). The molecule has 130 valence electrons. The van der Waals surface area contributed by atoms with Crippen molar-refractivity contribution >= 4 is 17.7 Å². The number of carboxylic acids is 1. The standard InChI is InChI=1S/C20H32O2S/c1-2-3-12-15-18-19(23-18)16-13-10-8-6-4-5-7-9-11-14-17-20(21)22/h4,6-7,9-10,13,18-19H,2-3,5,8,11-12,14-17H2,1H3,(H,21,22)/b6-4-,9-7-,13-10-/t18-,19+/m0/s1. The third-order valence-electron chi connectivity index (χ3n) is 3.95. The molecule has 2 atom stereocenters. The van der Waals surface area contributed by atoms with Gasteiger partial charge < -0.3 is 5.11 Å². The maximum atomic E-state index is 10.3. The Kier molecular flexibility index (Phi) is 11.8. The summed E-state index contributed by atoms with van der Waals surface area (Å²) in [5, 5.41) is 10.3. The average molecular weight is 337 g/mol. The molecule has 0 amide bonds. The van der Waals surface area contributed by atoms with Crippen molar-refractivity contribution in [2.75, 3.05) is 0 Å². The highest BCUT2D eigenvalue weighted by atomic mass is 32.2. The maximum Gasteiger partial charge on any atom is 0.303 e. The molecular weight excluding hydrogens is 304 g/mol. The van der Waals surface area contributed by atoms with E-state index in [-0.39, 0.29) is 6.42 Å². The molecule has 0 bridgehead atoms. The van der Waals surface area contributed by atoms with Crippen LogP contribution in [0, 0.1) is 0 Å². The summed E-state index contributed by atoms with van der Waals surface area (Å²) in [6, 6.07) is 0. The van der Waals surface area contributed by atoms with Crippen LogP contribution in [0.15, 0.2) is 36.5 Å². The van der Waals surface area contributed by atoms with Gasteiger partial charge in [0.15, 0.2) is 0 Å². The predicted octanol–water partition coefficient (Wildman–Crippen LogP) is 6.14. The first-order valence-electron chi connectivity index (χ1n) is 9.06. The number of thioether (sulfide) groups is 1. The van der Waals surface area contributed by atoms with E-state index < -0.39 is 5.97 Å². The normalized spacial score (nSPS) is 20.9. The van der Waals surface area contributed by atoms with Gasteiger partial charge >= 0.3 is 5.97 Å². The zero-order valence-electron chi connectivity index (χ0n) is 14.5. The summed E-state index contributed by atoms with van der Waals surface area (Å²) < 4.78 is 0. The van der Waals surface area contributed by atoms with Gasteiger partial charge in [0.2, 0.25) is 0 Å². The molecule has 1 N–H and O–H groups in total. The molecule has 0 aromatic heterocycles. The molecule has 1 fully saturated rings. The highest BCUT2D eigenvalue weighted by Gasteiger charge is 2.35. The summed E-state index contributed by atoms with van der Waals surface area (Å²) >= 11 is 2.15. The lowest BCUT2D eigenvalue weighted by atomic mass is 10.1. The van der Waals surface area contributed by atoms with Gasteiger partial charge in [-0.15, -0.1) is 0 Å². The summed E-state index contributed by atoms with van der Waals surface area (Å²) in [4.78, 5) is 10.3. The Morgan fingerprint density at radius 1 is 0.957 bits per heavy atom. The summed E-state index contributed by atoms with van der Waals surface area (Å²) in [7, 11) is 0. The highest BCUT2D eigenvalue weighted by Crippen LogP contribution is 2.46. The van der Waals surface area contributed by atoms with Crippen molar-refractivity contribution in [1.29, 1.82) is 0 Å². The number of unbranched alkanes of at least 4 members (excludes halogenated alkanes) is 3. The molecule has 0 spiro atoms. The van der Waals surface area contributed by atoms with Crippen molar-refractivity contribution in [3.63, 3.8) is 0 Å². The predicted molar refractivity (Wildman–Crippen MR) is 102 cm³/mol. The molecule has 0 aromatic carbocycles. The van der Waals surface area contributed by atoms with E-state index in [0.717, 1.165) is 36.2 Å². The molecule has 2 nitrogen and oxygen atoms in total. The van der Waals surface area contributed by atoms with Crippen LogP contribution in [0.4, 0.5) is 0 Å². The van der Waals surface area contributed by atoms with E-state index >= 15 is 0 Å². The fourth-order valence-electron chi connectivity index (χ4n) is 2.50. The molecule has 0 aliphatic carbocycles. The number of allylic oxidation sites excluding steroid dienone is 6. The lowest BCUT2D eigenvalue weighted by molar-refractivity contribution is -0.137. The Hall–Kier alpha value is -0.960. The largest absolute Gasteiger partial charge is 0.481 e. The van der Waals surface area contributed by atoms with Crippen molar-refractivity contribution in [3.8, 4) is 0 Å². The van der Waals surface area contributed by atoms with Crippen LogP contribution < -0.4 is 0 Å². The minimum absolute atomic E-state index is 0.268. The van der Waals surface area contributed by atoms with Gasteiger partial charge in [-0.25, -0.2) is 0 Å². The quantitative estimate of drug-likeness (QED) is 0.235. The van der Waals surface area contributed by atoms with Gasteiger partial charge in [-0.05, 0) is 38.5 Å². The topological polar surface area (TPSA) is 37.3 Å². The Morgan fingerprint density at radius 3 is 2.35 bits per heavy atom. The third kappa shape index (κ3) is 12.2. The Bertz CT molecular complexity index is 398. The fraction of sp³-hybridized carbons (Fsp3) is 0.650. The Labute approximate surface area is 146 Å². The number of carbonyl (C=O) groups is 1. The van der Waals surface area contributed by atoms with Gasteiger partial charge in [0.1, 0.15) is 0 Å². The van der Waals surface area contributed by atoms with E-state index in [2.05, 4.69) is 55.1 Å². The van der Waals surface area contributed by atoms with Gasteiger partial charge in [0.05, 0.1) is 0 Å². The Morgan fingerprint density at radius 2 is 1.65 bits per heavy atom. The molecular formula is C20H32O2S. The summed E-state index contributed by atoms with van der Waals surface area (Å²) in [5.41, 5.74) is 0. The van der Waals surface area contributed by atoms with Crippen molar-refractivity contribution < 1.29 is 9.90 Å². The summed E-state index contributed by atoms with van der Waals surface area (Å²) in [5.74, 6) is -0.707. The van der Waals surface area contributed by atoms with E-state index in [1.807, 2.05) is 0 Å². The molecule has 1 aliphatic heterocycles. The van der Waals surface area contributed by atoms with Crippen LogP contribution >= 0.6 is 11.8 Å². The summed E-state index contributed by atoms with van der Waals surface area (Å²) in [6.45, 7) is 2.27. The average Bonchev–Trinajstić information content (AvgIpc) is 3.27. The number of aliphatic carboxylic acids is 1. The van der Waals surface area contributed by atoms with Crippen LogP contribution in [0.5, 0.6) is 0 Å². The van der Waals surface area contributed by atoms with Gasteiger partial charge in [0.25, 0.3) is 0 Å². The van der Waals surface area contributed by atoms with E-state index in [1.54, 1.807) is 0 Å². The maximum absolute atomic E-state index is 10.3. The van der Waals surface area contributed by atoms with Gasteiger partial charge in [0, 0.05) is 16.9 Å². The molecule has 23 heavy (non-hydrogen) atoms. The van der Waals surface area contributed by atoms with Crippen molar-refractivity contribution in [3.05, 3.63) is 36.5 Å². The lowest BCUT2D eigenvalue weighted by Gasteiger charge is -1.95. The molecule has 1 saturated heterocycles. The van der Waals surface area contributed by atoms with E-state index in [0.29, 0.717) is 0 Å². The number of rotatable bonds is 14. The monoisotopic (exact) mass is 336 g/mol. The molecule has 3 heteroatoms. The Balaban J connectivity index is 1.90. The number of carboxylic acid groups (broad SMARTS) is 1. The minimum Gasteiger partial charge on any atom is -0.481 e. The van der Waals surface area contributed by atoms with Crippen molar-refractivity contribution in [2.45, 2.75) is 81.6 Å². The van der Waals surface area contributed by atoms with Crippen LogP contribution in [0.25, 0.3) is 0 Å². The minimum atomic E-state index is -0.707. The zero-order chi connectivity index (χ0) is 16.8. The van der Waals surface area contributed by atoms with Gasteiger partial charge in [-0.2, -0.15) is 11.8 Å². The van der Waals surface area contributed by atoms with Crippen LogP contribution in [0.3, 0.4) is 0 Å². The van der Waals surface area contributed by atoms with Crippen LogP contribution in [0.1, 0.15) is 71.1 Å². The van der Waals surface area contributed by atoms with Gasteiger partial charge in [-0.3, -0.25) is 4.79 Å². The first-order valence-corrected chi connectivity index (χ1v) is 10.0. The SMILES string of the molecule is CCCCC[C@@H]1S[C@@H]1C/C=C\C/C=C\C/C=C\CCCC(=O)O. The van der Waals surface area contributed by atoms with Crippen molar-refractivity contribution in [1.82, 2.24) is 0 Å². The molecule has 0 aromatic rings. The third-order valence-corrected chi connectivity index (χ3v) is 5.42. The van der Waals surface area contributed by atoms with Gasteiger partial charge in [-0.1, -0.05) is 62.6 Å². The molecule has 1 heterocycles. The fourth-order valence-corrected chi connectivity index (χ4v) is 3.63. The van der Waals surface area contributed by atoms with Crippen LogP contribution in [-0.4, -0.2) is 21.6 Å². The highest BCUT2D eigenvalue weighted by molar-refractivity contribution is 8.07. The second-order valence-corrected chi connectivity index (χ2v) is 7.60. The second-order valence-electron chi connectivity index (χ2n) is 6.12. The van der Waals surface area contributed by atoms with E-state index in [4.69, 9.17) is 5.11 Å². The smallest absolute Gasteiger partial charge is 0.303 e. The lowest BCUT2D eigenvalue weighted by Crippen LogP contribution is -1.92. The summed E-state index contributed by atoms with van der Waals surface area (Å²) in [6.07, 6.45) is 23.8. The second kappa shape index (κ2) is 13.5. The van der Waals surface area contributed by atoms with Crippen molar-refractivity contribution in [2.24, 2.45) is 0 Å². The van der Waals surface area contributed by atoms with E-state index in [9.17, 15) is 4.79 Å².